The van der Waals surface area contributed by atoms with Crippen LogP contribution in [0.15, 0.2) is 12.1 Å². The first-order valence-corrected chi connectivity index (χ1v) is 2.45. The SMILES string of the molecule is N#Cc1ccc(Cl)[nH]1. The summed E-state index contributed by atoms with van der Waals surface area (Å²) < 4.78 is 0. The molecule has 0 aromatic carbocycles. The fraction of sp³-hybridized carbons (Fsp3) is 0. The maximum Gasteiger partial charge on any atom is 0.118 e. The van der Waals surface area contributed by atoms with Gasteiger partial charge in [0.05, 0.1) is 0 Å². The summed E-state index contributed by atoms with van der Waals surface area (Å²) in [6, 6.07) is 5.17. The average molecular weight is 127 g/mol. The van der Waals surface area contributed by atoms with E-state index >= 15 is 0 Å². The lowest BCUT2D eigenvalue weighted by Gasteiger charge is -1.72. The van der Waals surface area contributed by atoms with Crippen molar-refractivity contribution in [2.24, 2.45) is 0 Å². The molecule has 2 nitrogen and oxygen atoms in total. The molecule has 0 amide bonds. The van der Waals surface area contributed by atoms with Crippen molar-refractivity contribution < 1.29 is 0 Å². The van der Waals surface area contributed by atoms with E-state index in [-0.39, 0.29) is 0 Å². The zero-order chi connectivity index (χ0) is 5.98. The molecule has 0 aliphatic rings. The van der Waals surface area contributed by atoms with E-state index in [2.05, 4.69) is 4.98 Å². The maximum atomic E-state index is 8.21. The van der Waals surface area contributed by atoms with Gasteiger partial charge in [-0.1, -0.05) is 11.6 Å². The number of nitrogens with zero attached hydrogens (tertiary/aromatic N) is 1. The van der Waals surface area contributed by atoms with Gasteiger partial charge in [0.2, 0.25) is 0 Å². The molecule has 40 valence electrons. The molecule has 0 atom stereocenters. The van der Waals surface area contributed by atoms with Gasteiger partial charge in [-0.25, -0.2) is 0 Å². The van der Waals surface area contributed by atoms with Crippen molar-refractivity contribution in [3.63, 3.8) is 0 Å². The normalized spacial score (nSPS) is 8.50. The minimum Gasteiger partial charge on any atom is -0.337 e. The Morgan fingerprint density at radius 3 is 2.62 bits per heavy atom. The first-order valence-electron chi connectivity index (χ1n) is 2.07. The third kappa shape index (κ3) is 0.824. The Morgan fingerprint density at radius 1 is 1.62 bits per heavy atom. The Hall–Kier alpha value is -0.940. The molecule has 0 bridgehead atoms. The van der Waals surface area contributed by atoms with Gasteiger partial charge in [-0.05, 0) is 12.1 Å². The van der Waals surface area contributed by atoms with Crippen LogP contribution in [0, 0.1) is 11.3 Å². The third-order valence-corrected chi connectivity index (χ3v) is 0.991. The largest absolute Gasteiger partial charge is 0.337 e. The van der Waals surface area contributed by atoms with Crippen LogP contribution in [0.25, 0.3) is 0 Å². The van der Waals surface area contributed by atoms with Crippen LogP contribution >= 0.6 is 11.6 Å². The molecule has 1 aromatic rings. The number of aromatic nitrogens is 1. The van der Waals surface area contributed by atoms with E-state index in [1.807, 2.05) is 6.07 Å². The molecular weight excluding hydrogens is 124 g/mol. The number of hydrogen-bond donors (Lipinski definition) is 1. The molecule has 1 N–H and O–H groups in total. The lowest BCUT2D eigenvalue weighted by molar-refractivity contribution is 1.33. The molecule has 0 saturated heterocycles. The zero-order valence-corrected chi connectivity index (χ0v) is 4.74. The highest BCUT2D eigenvalue weighted by molar-refractivity contribution is 6.29. The molecule has 0 fully saturated rings. The summed E-state index contributed by atoms with van der Waals surface area (Å²) in [5, 5.41) is 8.71. The van der Waals surface area contributed by atoms with Gasteiger partial charge < -0.3 is 4.98 Å². The highest BCUT2D eigenvalue weighted by Gasteiger charge is 1.89. The van der Waals surface area contributed by atoms with Crippen molar-refractivity contribution >= 4 is 11.6 Å². The van der Waals surface area contributed by atoms with Gasteiger partial charge in [-0.2, -0.15) is 5.26 Å². The van der Waals surface area contributed by atoms with Gasteiger partial charge in [0.25, 0.3) is 0 Å². The van der Waals surface area contributed by atoms with Crippen LogP contribution in [0.1, 0.15) is 5.69 Å². The van der Waals surface area contributed by atoms with Gasteiger partial charge in [-0.3, -0.25) is 0 Å². The van der Waals surface area contributed by atoms with Crippen molar-refractivity contribution in [2.75, 3.05) is 0 Å². The molecule has 0 radical (unpaired) electrons. The van der Waals surface area contributed by atoms with Crippen molar-refractivity contribution in [3.05, 3.63) is 23.0 Å². The van der Waals surface area contributed by atoms with Crippen LogP contribution in [0.3, 0.4) is 0 Å². The number of aromatic amines is 1. The zero-order valence-electron chi connectivity index (χ0n) is 3.98. The van der Waals surface area contributed by atoms with Crippen LogP contribution in [0.5, 0.6) is 0 Å². The van der Waals surface area contributed by atoms with Crippen molar-refractivity contribution in [1.29, 1.82) is 5.26 Å². The van der Waals surface area contributed by atoms with Crippen LogP contribution in [0.2, 0.25) is 5.15 Å². The van der Waals surface area contributed by atoms with E-state index in [9.17, 15) is 0 Å². The monoisotopic (exact) mass is 126 g/mol. The Bertz CT molecular complexity index is 221. The highest BCUT2D eigenvalue weighted by Crippen LogP contribution is 2.05. The quantitative estimate of drug-likeness (QED) is 0.563. The second-order valence-corrected chi connectivity index (χ2v) is 1.74. The molecule has 0 unspecified atom stereocenters. The van der Waals surface area contributed by atoms with E-state index in [1.165, 1.54) is 0 Å². The molecule has 0 aliphatic carbocycles. The fourth-order valence-corrected chi connectivity index (χ4v) is 0.598. The van der Waals surface area contributed by atoms with E-state index < -0.39 is 0 Å². The summed E-state index contributed by atoms with van der Waals surface area (Å²) in [6.07, 6.45) is 0. The van der Waals surface area contributed by atoms with E-state index in [1.54, 1.807) is 12.1 Å². The summed E-state index contributed by atoms with van der Waals surface area (Å²) in [5.74, 6) is 0. The predicted octanol–water partition coefficient (Wildman–Crippen LogP) is 1.54. The molecule has 0 spiro atoms. The minimum atomic E-state index is 0.495. The fourth-order valence-electron chi connectivity index (χ4n) is 0.434. The van der Waals surface area contributed by atoms with Crippen molar-refractivity contribution in [3.8, 4) is 6.07 Å². The molecule has 3 heteroatoms. The molecule has 0 aliphatic heterocycles. The lowest BCUT2D eigenvalue weighted by Crippen LogP contribution is -1.66. The second-order valence-electron chi connectivity index (χ2n) is 1.33. The van der Waals surface area contributed by atoms with Gasteiger partial charge >= 0.3 is 0 Å². The van der Waals surface area contributed by atoms with E-state index in [4.69, 9.17) is 16.9 Å². The molecule has 8 heavy (non-hydrogen) atoms. The summed E-state index contributed by atoms with van der Waals surface area (Å²) in [6.45, 7) is 0. The number of nitrogens with one attached hydrogen (secondary N) is 1. The number of rotatable bonds is 0. The van der Waals surface area contributed by atoms with Gasteiger partial charge in [0.15, 0.2) is 0 Å². The summed E-state index contributed by atoms with van der Waals surface area (Å²) in [4.78, 5) is 2.63. The van der Waals surface area contributed by atoms with E-state index in [0.29, 0.717) is 10.8 Å². The number of hydrogen-bond acceptors (Lipinski definition) is 1. The summed E-state index contributed by atoms with van der Waals surface area (Å²) in [5.41, 5.74) is 0.495. The Morgan fingerprint density at radius 2 is 2.38 bits per heavy atom. The minimum absolute atomic E-state index is 0.495. The van der Waals surface area contributed by atoms with Gasteiger partial charge in [0, 0.05) is 0 Å². The molecular formula is C5H3ClN2. The number of halogens is 1. The number of H-pyrrole nitrogens is 1. The topological polar surface area (TPSA) is 39.6 Å². The van der Waals surface area contributed by atoms with Crippen molar-refractivity contribution in [2.45, 2.75) is 0 Å². The lowest BCUT2D eigenvalue weighted by atomic mass is 10.5. The molecule has 1 rings (SSSR count). The van der Waals surface area contributed by atoms with Crippen LogP contribution < -0.4 is 0 Å². The Balaban J connectivity index is 3.05. The first kappa shape index (κ1) is 5.20. The first-order chi connectivity index (χ1) is 3.83. The second kappa shape index (κ2) is 1.89. The third-order valence-electron chi connectivity index (χ3n) is 0.771. The Kier molecular flexibility index (Phi) is 1.23. The standard InChI is InChI=1S/C5H3ClN2/c6-5-2-1-4(3-7)8-5/h1-2,8H. The van der Waals surface area contributed by atoms with Crippen LogP contribution in [-0.2, 0) is 0 Å². The average Bonchev–Trinajstić information content (AvgIpc) is 2.14. The molecule has 1 aromatic heterocycles. The Labute approximate surface area is 51.7 Å². The summed E-state index contributed by atoms with van der Waals surface area (Å²) >= 11 is 5.43. The predicted molar refractivity (Wildman–Crippen MR) is 30.5 cm³/mol. The van der Waals surface area contributed by atoms with Crippen LogP contribution in [0.4, 0.5) is 0 Å². The summed E-state index contributed by atoms with van der Waals surface area (Å²) in [7, 11) is 0. The van der Waals surface area contributed by atoms with Crippen molar-refractivity contribution in [1.82, 2.24) is 4.98 Å². The number of nitriles is 1. The maximum absolute atomic E-state index is 8.21. The molecule has 1 heterocycles. The van der Waals surface area contributed by atoms with E-state index in [0.717, 1.165) is 0 Å². The van der Waals surface area contributed by atoms with Gasteiger partial charge in [0.1, 0.15) is 16.9 Å². The molecule has 0 saturated carbocycles. The smallest absolute Gasteiger partial charge is 0.118 e. The highest BCUT2D eigenvalue weighted by atomic mass is 35.5. The van der Waals surface area contributed by atoms with Gasteiger partial charge in [-0.15, -0.1) is 0 Å². The van der Waals surface area contributed by atoms with Crippen LogP contribution in [-0.4, -0.2) is 4.98 Å².